The molecule has 0 unspecified atom stereocenters. The summed E-state index contributed by atoms with van der Waals surface area (Å²) in [5.41, 5.74) is 2.58. The van der Waals surface area contributed by atoms with Crippen molar-refractivity contribution < 1.29 is 0 Å². The molecule has 0 amide bonds. The molecule has 14 heavy (non-hydrogen) atoms. The van der Waals surface area contributed by atoms with Gasteiger partial charge in [-0.15, -0.1) is 0 Å². The first-order valence-corrected chi connectivity index (χ1v) is 4.23. The molecule has 70 valence electrons. The van der Waals surface area contributed by atoms with Gasteiger partial charge in [0, 0.05) is 24.2 Å². The zero-order valence-corrected chi connectivity index (χ0v) is 7.69. The number of aromatic nitrogens is 3. The van der Waals surface area contributed by atoms with Crippen LogP contribution >= 0.6 is 0 Å². The van der Waals surface area contributed by atoms with Gasteiger partial charge in [0.05, 0.1) is 11.9 Å². The molecule has 0 saturated carbocycles. The second-order valence-electron chi connectivity index (χ2n) is 2.99. The number of aromatic amines is 1. The van der Waals surface area contributed by atoms with Crippen LogP contribution in [0.15, 0.2) is 35.6 Å². The number of hydrogen-bond acceptors (Lipinski definition) is 3. The standard InChI is InChI=1S/C10H9N3O/c1-7-4-11-3-2-8(7)9-5-13-10(14)6-12-9/h2-6H,1H3,(H,13,14). The van der Waals surface area contributed by atoms with Crippen LogP contribution in [0.2, 0.25) is 0 Å². The average Bonchev–Trinajstić information content (AvgIpc) is 2.20. The van der Waals surface area contributed by atoms with E-state index in [2.05, 4.69) is 15.0 Å². The maximum absolute atomic E-state index is 10.8. The molecule has 0 aromatic carbocycles. The largest absolute Gasteiger partial charge is 0.326 e. The van der Waals surface area contributed by atoms with E-state index in [0.29, 0.717) is 0 Å². The highest BCUT2D eigenvalue weighted by molar-refractivity contribution is 5.61. The molecule has 0 aliphatic carbocycles. The highest BCUT2D eigenvalue weighted by atomic mass is 16.1. The van der Waals surface area contributed by atoms with E-state index in [1.165, 1.54) is 6.20 Å². The Kier molecular flexibility index (Phi) is 2.10. The normalized spacial score (nSPS) is 10.1. The highest BCUT2D eigenvalue weighted by Crippen LogP contribution is 2.17. The van der Waals surface area contributed by atoms with Crippen LogP contribution < -0.4 is 5.56 Å². The molecule has 0 radical (unpaired) electrons. The summed E-state index contributed by atoms with van der Waals surface area (Å²) < 4.78 is 0. The van der Waals surface area contributed by atoms with Crippen LogP contribution in [0.5, 0.6) is 0 Å². The Balaban J connectivity index is 2.55. The van der Waals surface area contributed by atoms with Gasteiger partial charge in [-0.25, -0.2) is 4.98 Å². The molecule has 0 aliphatic heterocycles. The Hall–Kier alpha value is -1.97. The predicted octanol–water partition coefficient (Wildman–Crippen LogP) is 1.14. The predicted molar refractivity (Wildman–Crippen MR) is 52.8 cm³/mol. The van der Waals surface area contributed by atoms with Crippen LogP contribution in [0, 0.1) is 6.92 Å². The number of H-pyrrole nitrogens is 1. The summed E-state index contributed by atoms with van der Waals surface area (Å²) in [6, 6.07) is 1.87. The molecule has 0 aliphatic rings. The third-order valence-electron chi connectivity index (χ3n) is 1.97. The Labute approximate surface area is 80.7 Å². The van der Waals surface area contributed by atoms with Gasteiger partial charge in [0.15, 0.2) is 0 Å². The first-order valence-electron chi connectivity index (χ1n) is 4.23. The Morgan fingerprint density at radius 3 is 2.86 bits per heavy atom. The van der Waals surface area contributed by atoms with Gasteiger partial charge < -0.3 is 4.98 Å². The molecule has 0 saturated heterocycles. The van der Waals surface area contributed by atoms with Gasteiger partial charge in [-0.2, -0.15) is 0 Å². The number of nitrogens with zero attached hydrogens (tertiary/aromatic N) is 2. The van der Waals surface area contributed by atoms with Crippen LogP contribution in [-0.4, -0.2) is 15.0 Å². The van der Waals surface area contributed by atoms with Gasteiger partial charge >= 0.3 is 0 Å². The van der Waals surface area contributed by atoms with E-state index in [0.717, 1.165) is 16.8 Å². The van der Waals surface area contributed by atoms with Crippen LogP contribution in [0.3, 0.4) is 0 Å². The zero-order valence-electron chi connectivity index (χ0n) is 7.69. The van der Waals surface area contributed by atoms with Gasteiger partial charge in [0.1, 0.15) is 0 Å². The Bertz CT molecular complexity index is 484. The van der Waals surface area contributed by atoms with Crippen molar-refractivity contribution in [2.24, 2.45) is 0 Å². The lowest BCUT2D eigenvalue weighted by atomic mass is 10.1. The fourth-order valence-electron chi connectivity index (χ4n) is 1.25. The molecule has 0 bridgehead atoms. The van der Waals surface area contributed by atoms with Gasteiger partial charge in [0.2, 0.25) is 0 Å². The van der Waals surface area contributed by atoms with Gasteiger partial charge in [-0.3, -0.25) is 9.78 Å². The highest BCUT2D eigenvalue weighted by Gasteiger charge is 2.01. The summed E-state index contributed by atoms with van der Waals surface area (Å²) in [5, 5.41) is 0. The second kappa shape index (κ2) is 3.41. The molecule has 4 nitrogen and oxygen atoms in total. The maximum Gasteiger partial charge on any atom is 0.266 e. The van der Waals surface area contributed by atoms with Crippen molar-refractivity contribution in [1.29, 1.82) is 0 Å². The number of hydrogen-bond donors (Lipinski definition) is 1. The van der Waals surface area contributed by atoms with Crippen molar-refractivity contribution in [3.8, 4) is 11.3 Å². The average molecular weight is 187 g/mol. The molecule has 0 atom stereocenters. The van der Waals surface area contributed by atoms with Crippen LogP contribution in [0.4, 0.5) is 0 Å². The van der Waals surface area contributed by atoms with Gasteiger partial charge in [0.25, 0.3) is 5.56 Å². The van der Waals surface area contributed by atoms with Crippen molar-refractivity contribution in [2.75, 3.05) is 0 Å². The number of pyridine rings is 1. The van der Waals surface area contributed by atoms with E-state index in [9.17, 15) is 4.79 Å². The first-order chi connectivity index (χ1) is 6.77. The minimum absolute atomic E-state index is 0.194. The van der Waals surface area contributed by atoms with Crippen molar-refractivity contribution in [1.82, 2.24) is 15.0 Å². The van der Waals surface area contributed by atoms with Gasteiger partial charge in [-0.1, -0.05) is 0 Å². The SMILES string of the molecule is Cc1cnccc1-c1c[nH]c(=O)cn1. The summed E-state index contributed by atoms with van der Waals surface area (Å²) in [5.74, 6) is 0. The number of aryl methyl sites for hydroxylation is 1. The van der Waals surface area contributed by atoms with E-state index < -0.39 is 0 Å². The monoisotopic (exact) mass is 187 g/mol. The van der Waals surface area contributed by atoms with E-state index in [-0.39, 0.29) is 5.56 Å². The Morgan fingerprint density at radius 1 is 1.36 bits per heavy atom. The topological polar surface area (TPSA) is 58.6 Å². The summed E-state index contributed by atoms with van der Waals surface area (Å²) in [7, 11) is 0. The van der Waals surface area contributed by atoms with Gasteiger partial charge in [-0.05, 0) is 18.6 Å². The molecule has 2 aromatic rings. The molecule has 0 spiro atoms. The van der Waals surface area contributed by atoms with E-state index in [4.69, 9.17) is 0 Å². The fraction of sp³-hybridized carbons (Fsp3) is 0.100. The quantitative estimate of drug-likeness (QED) is 0.728. The fourth-order valence-corrected chi connectivity index (χ4v) is 1.25. The van der Waals surface area contributed by atoms with E-state index in [1.807, 2.05) is 13.0 Å². The van der Waals surface area contributed by atoms with Crippen LogP contribution in [-0.2, 0) is 0 Å². The van der Waals surface area contributed by atoms with Crippen molar-refractivity contribution in [3.05, 3.63) is 46.8 Å². The Morgan fingerprint density at radius 2 is 2.21 bits per heavy atom. The molecule has 0 fully saturated rings. The summed E-state index contributed by atoms with van der Waals surface area (Å²) in [6.07, 6.45) is 6.34. The van der Waals surface area contributed by atoms with Crippen molar-refractivity contribution in [3.63, 3.8) is 0 Å². The van der Waals surface area contributed by atoms with Crippen molar-refractivity contribution in [2.45, 2.75) is 6.92 Å². The minimum atomic E-state index is -0.194. The molecule has 2 aromatic heterocycles. The molecule has 4 heteroatoms. The first kappa shape index (κ1) is 8.62. The smallest absolute Gasteiger partial charge is 0.266 e. The summed E-state index contributed by atoms with van der Waals surface area (Å²) >= 11 is 0. The molecular formula is C10H9N3O. The van der Waals surface area contributed by atoms with Crippen LogP contribution in [0.1, 0.15) is 5.56 Å². The molecular weight excluding hydrogens is 178 g/mol. The third-order valence-corrected chi connectivity index (χ3v) is 1.97. The summed E-state index contributed by atoms with van der Waals surface area (Å²) in [4.78, 5) is 21.4. The zero-order chi connectivity index (χ0) is 9.97. The number of nitrogens with one attached hydrogen (secondary N) is 1. The summed E-state index contributed by atoms with van der Waals surface area (Å²) in [6.45, 7) is 1.95. The number of rotatable bonds is 1. The van der Waals surface area contributed by atoms with Crippen LogP contribution in [0.25, 0.3) is 11.3 Å². The van der Waals surface area contributed by atoms with E-state index >= 15 is 0 Å². The molecule has 2 heterocycles. The lowest BCUT2D eigenvalue weighted by molar-refractivity contribution is 1.13. The third kappa shape index (κ3) is 1.54. The lowest BCUT2D eigenvalue weighted by Crippen LogP contribution is -2.04. The molecule has 2 rings (SSSR count). The second-order valence-corrected chi connectivity index (χ2v) is 2.99. The van der Waals surface area contributed by atoms with E-state index in [1.54, 1.807) is 18.6 Å². The lowest BCUT2D eigenvalue weighted by Gasteiger charge is -2.02. The van der Waals surface area contributed by atoms with Crippen molar-refractivity contribution >= 4 is 0 Å². The molecule has 1 N–H and O–H groups in total. The maximum atomic E-state index is 10.8. The minimum Gasteiger partial charge on any atom is -0.326 e.